The van der Waals surface area contributed by atoms with E-state index in [1.165, 1.54) is 18.2 Å². The summed E-state index contributed by atoms with van der Waals surface area (Å²) >= 11 is 0. The van der Waals surface area contributed by atoms with Crippen molar-refractivity contribution >= 4 is 28.4 Å². The molecule has 0 saturated heterocycles. The van der Waals surface area contributed by atoms with Crippen molar-refractivity contribution in [2.24, 2.45) is 0 Å². The zero-order chi connectivity index (χ0) is 14.8. The topological polar surface area (TPSA) is 62.2 Å². The average Bonchev–Trinajstić information content (AvgIpc) is 2.48. The average molecular weight is 282 g/mol. The van der Waals surface area contributed by atoms with Crippen molar-refractivity contribution in [2.45, 2.75) is 0 Å². The van der Waals surface area contributed by atoms with E-state index < -0.39 is 5.97 Å². The van der Waals surface area contributed by atoms with Gasteiger partial charge in [-0.25, -0.2) is 14.2 Å². The number of benzene rings is 2. The van der Waals surface area contributed by atoms with Gasteiger partial charge in [-0.3, -0.25) is 0 Å². The fourth-order valence-corrected chi connectivity index (χ4v) is 2.10. The summed E-state index contributed by atoms with van der Waals surface area (Å²) in [7, 11) is 0. The van der Waals surface area contributed by atoms with Gasteiger partial charge >= 0.3 is 5.97 Å². The molecule has 3 aromatic rings. The van der Waals surface area contributed by atoms with Crippen LogP contribution in [0.3, 0.4) is 0 Å². The lowest BCUT2D eigenvalue weighted by Gasteiger charge is -2.09. The van der Waals surface area contributed by atoms with Crippen molar-refractivity contribution in [1.29, 1.82) is 0 Å². The second-order valence-electron chi connectivity index (χ2n) is 4.51. The summed E-state index contributed by atoms with van der Waals surface area (Å²) in [5, 5.41) is 12.9. The van der Waals surface area contributed by atoms with Gasteiger partial charge in [0.1, 0.15) is 11.6 Å². The Bertz CT molecular complexity index is 816. The van der Waals surface area contributed by atoms with Crippen LogP contribution in [-0.2, 0) is 0 Å². The van der Waals surface area contributed by atoms with Crippen LogP contribution in [0.15, 0.2) is 54.6 Å². The van der Waals surface area contributed by atoms with E-state index in [9.17, 15) is 14.3 Å². The minimum Gasteiger partial charge on any atom is -0.478 e. The van der Waals surface area contributed by atoms with Gasteiger partial charge in [-0.05, 0) is 36.4 Å². The predicted octanol–water partition coefficient (Wildman–Crippen LogP) is 3.82. The lowest BCUT2D eigenvalue weighted by Crippen LogP contribution is -2.02. The maximum Gasteiger partial charge on any atom is 0.336 e. The third kappa shape index (κ3) is 2.67. The van der Waals surface area contributed by atoms with E-state index in [1.807, 2.05) is 0 Å². The molecule has 0 fully saturated rings. The Morgan fingerprint density at radius 1 is 1.10 bits per heavy atom. The Morgan fingerprint density at radius 2 is 1.81 bits per heavy atom. The normalized spacial score (nSPS) is 10.5. The quantitative estimate of drug-likeness (QED) is 0.766. The Balaban J connectivity index is 2.06. The number of carboxylic acid groups (broad SMARTS) is 1. The molecule has 0 aliphatic carbocycles. The molecule has 0 unspecified atom stereocenters. The van der Waals surface area contributed by atoms with Gasteiger partial charge in [0.25, 0.3) is 0 Å². The molecule has 2 aromatic carbocycles. The molecule has 1 heterocycles. The number of hydrogen-bond donors (Lipinski definition) is 2. The number of carbonyl (C=O) groups is 1. The van der Waals surface area contributed by atoms with E-state index >= 15 is 0 Å². The maximum absolute atomic E-state index is 12.9. The fourth-order valence-electron chi connectivity index (χ4n) is 2.10. The van der Waals surface area contributed by atoms with E-state index in [1.54, 1.807) is 36.4 Å². The second kappa shape index (κ2) is 5.20. The summed E-state index contributed by atoms with van der Waals surface area (Å²) in [5.41, 5.74) is 1.39. The highest BCUT2D eigenvalue weighted by Gasteiger charge is 2.11. The number of carboxylic acids is 1. The van der Waals surface area contributed by atoms with Crippen molar-refractivity contribution in [2.75, 3.05) is 5.32 Å². The summed E-state index contributed by atoms with van der Waals surface area (Å²) in [5.74, 6) is -0.952. The molecule has 3 rings (SSSR count). The molecule has 1 aromatic heterocycles. The molecule has 0 spiro atoms. The molecule has 5 heteroatoms. The van der Waals surface area contributed by atoms with E-state index in [4.69, 9.17) is 0 Å². The molecule has 0 bridgehead atoms. The van der Waals surface area contributed by atoms with Crippen LogP contribution in [0.25, 0.3) is 10.9 Å². The highest BCUT2D eigenvalue weighted by Crippen LogP contribution is 2.23. The number of nitrogens with one attached hydrogen (secondary N) is 1. The van der Waals surface area contributed by atoms with Gasteiger partial charge in [0.2, 0.25) is 0 Å². The summed E-state index contributed by atoms with van der Waals surface area (Å²) in [4.78, 5) is 15.7. The summed E-state index contributed by atoms with van der Waals surface area (Å²) in [6.07, 6.45) is 0. The Hall–Kier alpha value is -2.95. The molecule has 21 heavy (non-hydrogen) atoms. The highest BCUT2D eigenvalue weighted by atomic mass is 19.1. The van der Waals surface area contributed by atoms with Gasteiger partial charge in [-0.1, -0.05) is 18.2 Å². The number of nitrogens with zero attached hydrogens (tertiary/aromatic N) is 1. The number of hydrogen-bond acceptors (Lipinski definition) is 3. The zero-order valence-corrected chi connectivity index (χ0v) is 10.9. The van der Waals surface area contributed by atoms with E-state index in [0.29, 0.717) is 22.4 Å². The molecule has 0 aliphatic rings. The summed E-state index contributed by atoms with van der Waals surface area (Å²) in [6, 6.07) is 14.3. The SMILES string of the molecule is O=C(O)c1cc(Nc2ccc(F)cc2)nc2ccccc12. The van der Waals surface area contributed by atoms with Crippen LogP contribution in [0.1, 0.15) is 10.4 Å². The second-order valence-corrected chi connectivity index (χ2v) is 4.51. The lowest BCUT2D eigenvalue weighted by atomic mass is 10.1. The van der Waals surface area contributed by atoms with Crippen LogP contribution >= 0.6 is 0 Å². The molecular weight excluding hydrogens is 271 g/mol. The monoisotopic (exact) mass is 282 g/mol. The van der Waals surface area contributed by atoms with Gasteiger partial charge in [-0.15, -0.1) is 0 Å². The summed E-state index contributed by atoms with van der Waals surface area (Å²) < 4.78 is 12.9. The molecular formula is C16H11FN2O2. The van der Waals surface area contributed by atoms with Crippen LogP contribution < -0.4 is 5.32 Å². The number of aromatic nitrogens is 1. The fraction of sp³-hybridized carbons (Fsp3) is 0. The Kier molecular flexibility index (Phi) is 3.23. The Labute approximate surface area is 119 Å². The number of pyridine rings is 1. The lowest BCUT2D eigenvalue weighted by molar-refractivity contribution is 0.0699. The van der Waals surface area contributed by atoms with Crippen molar-refractivity contribution in [3.8, 4) is 0 Å². The molecule has 0 saturated carbocycles. The zero-order valence-electron chi connectivity index (χ0n) is 10.9. The maximum atomic E-state index is 12.9. The van der Waals surface area contributed by atoms with Gasteiger partial charge in [0.05, 0.1) is 11.1 Å². The first-order valence-corrected chi connectivity index (χ1v) is 6.29. The standard InChI is InChI=1S/C16H11FN2O2/c17-10-5-7-11(8-6-10)18-15-9-13(16(20)21)12-3-1-2-4-14(12)19-15/h1-9H,(H,18,19)(H,20,21). The smallest absolute Gasteiger partial charge is 0.336 e. The van der Waals surface area contributed by atoms with Crippen molar-refractivity contribution in [1.82, 2.24) is 4.98 Å². The largest absolute Gasteiger partial charge is 0.478 e. The van der Waals surface area contributed by atoms with E-state index in [-0.39, 0.29) is 11.4 Å². The van der Waals surface area contributed by atoms with Crippen LogP contribution in [-0.4, -0.2) is 16.1 Å². The van der Waals surface area contributed by atoms with Gasteiger partial charge in [-0.2, -0.15) is 0 Å². The van der Waals surface area contributed by atoms with Crippen LogP contribution in [0, 0.1) is 5.82 Å². The number of anilines is 2. The number of para-hydroxylation sites is 1. The minimum atomic E-state index is -1.02. The van der Waals surface area contributed by atoms with Crippen LogP contribution in [0.4, 0.5) is 15.9 Å². The third-order valence-electron chi connectivity index (χ3n) is 3.06. The number of rotatable bonds is 3. The van der Waals surface area contributed by atoms with Gasteiger partial charge in [0, 0.05) is 11.1 Å². The molecule has 0 amide bonds. The number of aromatic carboxylic acids is 1. The van der Waals surface area contributed by atoms with E-state index in [0.717, 1.165) is 0 Å². The molecule has 0 aliphatic heterocycles. The molecule has 104 valence electrons. The first-order valence-electron chi connectivity index (χ1n) is 6.29. The molecule has 2 N–H and O–H groups in total. The van der Waals surface area contributed by atoms with Crippen LogP contribution in [0.5, 0.6) is 0 Å². The highest BCUT2D eigenvalue weighted by molar-refractivity contribution is 6.03. The van der Waals surface area contributed by atoms with Crippen molar-refractivity contribution in [3.63, 3.8) is 0 Å². The van der Waals surface area contributed by atoms with Gasteiger partial charge < -0.3 is 10.4 Å². The first kappa shape index (κ1) is 13.1. The van der Waals surface area contributed by atoms with Gasteiger partial charge in [0.15, 0.2) is 0 Å². The predicted molar refractivity (Wildman–Crippen MR) is 78.4 cm³/mol. The molecule has 0 radical (unpaired) electrons. The van der Waals surface area contributed by atoms with Crippen molar-refractivity contribution in [3.05, 3.63) is 66.0 Å². The number of halogens is 1. The molecule has 4 nitrogen and oxygen atoms in total. The summed E-state index contributed by atoms with van der Waals surface area (Å²) in [6.45, 7) is 0. The first-order chi connectivity index (χ1) is 10.1. The minimum absolute atomic E-state index is 0.171. The third-order valence-corrected chi connectivity index (χ3v) is 3.06. The van der Waals surface area contributed by atoms with Crippen molar-refractivity contribution < 1.29 is 14.3 Å². The van der Waals surface area contributed by atoms with E-state index in [2.05, 4.69) is 10.3 Å². The van der Waals surface area contributed by atoms with Crippen LogP contribution in [0.2, 0.25) is 0 Å². The Morgan fingerprint density at radius 3 is 2.52 bits per heavy atom. The number of fused-ring (bicyclic) bond motifs is 1. The molecule has 0 atom stereocenters.